The lowest BCUT2D eigenvalue weighted by Crippen LogP contribution is -2.39. The number of rotatable bonds is 9. The predicted molar refractivity (Wildman–Crippen MR) is 120 cm³/mol. The maximum absolute atomic E-state index is 11.2. The van der Waals surface area contributed by atoms with Crippen molar-refractivity contribution in [3.05, 3.63) is 78.4 Å². The molecule has 1 atom stereocenters. The largest absolute Gasteiger partial charge is 0.547 e. The van der Waals surface area contributed by atoms with Gasteiger partial charge in [0.15, 0.2) is 0 Å². The number of aliphatic carboxylic acids is 1. The van der Waals surface area contributed by atoms with Gasteiger partial charge in [0.25, 0.3) is 0 Å². The van der Waals surface area contributed by atoms with E-state index in [4.69, 9.17) is 9.47 Å². The number of hydrogen-bond donors (Lipinski definition) is 0. The van der Waals surface area contributed by atoms with Crippen LogP contribution in [0.25, 0.3) is 0 Å². The molecule has 0 amide bonds. The van der Waals surface area contributed by atoms with Gasteiger partial charge in [-0.15, -0.1) is 0 Å². The molecule has 1 aliphatic heterocycles. The molecule has 5 nitrogen and oxygen atoms in total. The molecular formula is C25H24NO4S-. The number of hydrogen-bond acceptors (Lipinski definition) is 6. The van der Waals surface area contributed by atoms with Crippen LogP contribution in [0.2, 0.25) is 0 Å². The molecule has 3 aromatic carbocycles. The molecule has 0 radical (unpaired) electrons. The van der Waals surface area contributed by atoms with Crippen LogP contribution in [-0.2, 0) is 16.0 Å². The third kappa shape index (κ3) is 5.03. The standard InChI is InChI=1S/C25H25NO4S/c1-2-29-22(25(27)28)17-18-11-13-19(14-12-18)30-16-15-26-20-7-3-5-9-23(20)31-24-10-6-4-8-21(24)26/h3-14,22H,2,15-17H2,1H3,(H,27,28)/p-1/t22-/m1/s1. The van der Waals surface area contributed by atoms with Crippen LogP contribution in [-0.4, -0.2) is 31.8 Å². The summed E-state index contributed by atoms with van der Waals surface area (Å²) in [7, 11) is 0. The van der Waals surface area contributed by atoms with E-state index < -0.39 is 12.1 Å². The van der Waals surface area contributed by atoms with Crippen molar-refractivity contribution in [2.45, 2.75) is 29.2 Å². The smallest absolute Gasteiger partial charge is 0.119 e. The zero-order valence-corrected chi connectivity index (χ0v) is 18.1. The molecule has 3 aromatic rings. The van der Waals surface area contributed by atoms with Crippen LogP contribution in [0.1, 0.15) is 12.5 Å². The second kappa shape index (κ2) is 9.90. The average Bonchev–Trinajstić information content (AvgIpc) is 2.79. The quantitative estimate of drug-likeness (QED) is 0.506. The fourth-order valence-corrected chi connectivity index (χ4v) is 4.72. The van der Waals surface area contributed by atoms with Crippen molar-refractivity contribution in [3.8, 4) is 5.75 Å². The van der Waals surface area contributed by atoms with Crippen LogP contribution in [0.3, 0.4) is 0 Å². The van der Waals surface area contributed by atoms with E-state index >= 15 is 0 Å². The van der Waals surface area contributed by atoms with E-state index in [1.54, 1.807) is 18.7 Å². The molecule has 0 N–H and O–H groups in total. The van der Waals surface area contributed by atoms with E-state index in [2.05, 4.69) is 53.4 Å². The van der Waals surface area contributed by atoms with E-state index in [1.165, 1.54) is 21.2 Å². The number of carboxylic acid groups (broad SMARTS) is 1. The van der Waals surface area contributed by atoms with Crippen LogP contribution in [0.4, 0.5) is 11.4 Å². The summed E-state index contributed by atoms with van der Waals surface area (Å²) >= 11 is 1.79. The molecule has 1 heterocycles. The summed E-state index contributed by atoms with van der Waals surface area (Å²) in [5.74, 6) is -0.444. The van der Waals surface area contributed by atoms with Gasteiger partial charge >= 0.3 is 0 Å². The Hall–Kier alpha value is -2.96. The van der Waals surface area contributed by atoms with Gasteiger partial charge in [0.05, 0.1) is 23.9 Å². The van der Waals surface area contributed by atoms with Crippen LogP contribution in [0.5, 0.6) is 5.75 Å². The van der Waals surface area contributed by atoms with E-state index in [1.807, 2.05) is 24.3 Å². The Bertz CT molecular complexity index is 992. The summed E-state index contributed by atoms with van der Waals surface area (Å²) in [6, 6.07) is 24.3. The lowest BCUT2D eigenvalue weighted by molar-refractivity contribution is -0.316. The first kappa shape index (κ1) is 21.3. The highest BCUT2D eigenvalue weighted by Crippen LogP contribution is 2.47. The minimum absolute atomic E-state index is 0.273. The summed E-state index contributed by atoms with van der Waals surface area (Å²) in [5.41, 5.74) is 3.25. The number of para-hydroxylation sites is 2. The van der Waals surface area contributed by atoms with Crippen molar-refractivity contribution < 1.29 is 19.4 Å². The highest BCUT2D eigenvalue weighted by Gasteiger charge is 2.22. The van der Waals surface area contributed by atoms with Gasteiger partial charge < -0.3 is 24.3 Å². The molecule has 0 unspecified atom stereocenters. The molecule has 0 aromatic heterocycles. The van der Waals surface area contributed by atoms with E-state index in [0.29, 0.717) is 19.8 Å². The van der Waals surface area contributed by atoms with Gasteiger partial charge in [0.2, 0.25) is 0 Å². The number of carbonyl (C=O) groups excluding carboxylic acids is 1. The maximum Gasteiger partial charge on any atom is 0.119 e. The molecule has 0 spiro atoms. The second-order valence-electron chi connectivity index (χ2n) is 7.15. The van der Waals surface area contributed by atoms with Gasteiger partial charge in [-0.25, -0.2) is 0 Å². The second-order valence-corrected chi connectivity index (χ2v) is 8.23. The Kier molecular flexibility index (Phi) is 6.79. The van der Waals surface area contributed by atoms with Gasteiger partial charge in [0.1, 0.15) is 18.5 Å². The highest BCUT2D eigenvalue weighted by atomic mass is 32.2. The lowest BCUT2D eigenvalue weighted by atomic mass is 10.1. The molecule has 0 bridgehead atoms. The predicted octanol–water partition coefficient (Wildman–Crippen LogP) is 4.07. The molecule has 0 fully saturated rings. The third-order valence-corrected chi connectivity index (χ3v) is 6.22. The minimum Gasteiger partial charge on any atom is -0.547 e. The Morgan fingerprint density at radius 1 is 0.968 bits per heavy atom. The van der Waals surface area contributed by atoms with E-state index in [0.717, 1.165) is 11.3 Å². The zero-order valence-electron chi connectivity index (χ0n) is 17.3. The Morgan fingerprint density at radius 3 is 2.16 bits per heavy atom. The Labute approximate surface area is 186 Å². The first-order valence-electron chi connectivity index (χ1n) is 10.3. The van der Waals surface area contributed by atoms with Crippen LogP contribution in [0.15, 0.2) is 82.6 Å². The molecule has 0 aliphatic carbocycles. The van der Waals surface area contributed by atoms with Crippen molar-refractivity contribution in [1.29, 1.82) is 0 Å². The summed E-state index contributed by atoms with van der Waals surface area (Å²) in [6.07, 6.45) is -0.663. The topological polar surface area (TPSA) is 61.8 Å². The highest BCUT2D eigenvalue weighted by molar-refractivity contribution is 7.99. The molecule has 0 saturated carbocycles. The van der Waals surface area contributed by atoms with Gasteiger partial charge in [-0.05, 0) is 48.9 Å². The molecule has 4 rings (SSSR count). The first-order chi connectivity index (χ1) is 15.2. The van der Waals surface area contributed by atoms with Crippen molar-refractivity contribution in [3.63, 3.8) is 0 Å². The van der Waals surface area contributed by atoms with E-state index in [-0.39, 0.29) is 6.42 Å². The number of carbonyl (C=O) groups is 1. The SMILES string of the molecule is CCO[C@H](Cc1ccc(OCCN2c3ccccc3Sc3ccccc32)cc1)C(=O)[O-]. The molecule has 1 aliphatic rings. The fraction of sp³-hybridized carbons (Fsp3) is 0.240. The Balaban J connectivity index is 1.39. The summed E-state index contributed by atoms with van der Waals surface area (Å²) < 4.78 is 11.2. The molecule has 0 saturated heterocycles. The first-order valence-corrected chi connectivity index (χ1v) is 11.1. The number of nitrogens with zero attached hydrogens (tertiary/aromatic N) is 1. The van der Waals surface area contributed by atoms with Gasteiger partial charge in [-0.3, -0.25) is 0 Å². The van der Waals surface area contributed by atoms with Gasteiger partial charge in [-0.1, -0.05) is 48.2 Å². The van der Waals surface area contributed by atoms with Crippen molar-refractivity contribution in [2.75, 3.05) is 24.7 Å². The van der Waals surface area contributed by atoms with Crippen LogP contribution < -0.4 is 14.7 Å². The minimum atomic E-state index is -1.19. The number of ether oxygens (including phenoxy) is 2. The monoisotopic (exact) mass is 434 g/mol. The van der Waals surface area contributed by atoms with E-state index in [9.17, 15) is 9.90 Å². The van der Waals surface area contributed by atoms with Crippen molar-refractivity contribution in [2.24, 2.45) is 0 Å². The normalized spacial score (nSPS) is 13.3. The number of benzene rings is 3. The molecule has 31 heavy (non-hydrogen) atoms. The van der Waals surface area contributed by atoms with Crippen LogP contribution in [0, 0.1) is 0 Å². The summed E-state index contributed by atoms with van der Waals surface area (Å²) in [6.45, 7) is 3.34. The lowest BCUT2D eigenvalue weighted by Gasteiger charge is -2.32. The maximum atomic E-state index is 11.2. The number of carboxylic acids is 1. The average molecular weight is 435 g/mol. The van der Waals surface area contributed by atoms with Crippen molar-refractivity contribution >= 4 is 29.1 Å². The summed E-state index contributed by atoms with van der Waals surface area (Å²) in [4.78, 5) is 15.9. The molecular weight excluding hydrogens is 410 g/mol. The third-order valence-electron chi connectivity index (χ3n) is 5.09. The molecule has 6 heteroatoms. The van der Waals surface area contributed by atoms with Gasteiger partial charge in [-0.2, -0.15) is 0 Å². The zero-order chi connectivity index (χ0) is 21.6. The summed E-state index contributed by atoms with van der Waals surface area (Å²) in [5, 5.41) is 11.2. The number of anilines is 2. The van der Waals surface area contributed by atoms with Gasteiger partial charge in [0, 0.05) is 22.8 Å². The van der Waals surface area contributed by atoms with Crippen molar-refractivity contribution in [1.82, 2.24) is 0 Å². The fourth-order valence-electron chi connectivity index (χ4n) is 3.62. The molecule has 160 valence electrons. The number of fused-ring (bicyclic) bond motifs is 2. The van der Waals surface area contributed by atoms with Crippen LogP contribution >= 0.6 is 11.8 Å². The Morgan fingerprint density at radius 2 is 1.58 bits per heavy atom.